The van der Waals surface area contributed by atoms with E-state index in [0.29, 0.717) is 55.3 Å². The Bertz CT molecular complexity index is 1680. The fourth-order valence-electron chi connectivity index (χ4n) is 6.30. The molecular weight excluding hydrogens is 570 g/mol. The van der Waals surface area contributed by atoms with Gasteiger partial charge in [-0.05, 0) is 77.2 Å². The van der Waals surface area contributed by atoms with Crippen LogP contribution in [0.3, 0.4) is 0 Å². The molecule has 4 heterocycles. The van der Waals surface area contributed by atoms with E-state index < -0.39 is 5.60 Å². The van der Waals surface area contributed by atoms with Gasteiger partial charge in [0.25, 0.3) is 5.91 Å². The molecule has 40 heavy (non-hydrogen) atoms. The SMILES string of the molecule is COc1cc(C(=O)N2CCC3(CC2)CC(=O)c2cc(-c4cncc(Br)c4)ccc2O3)cc2c1c(C)cn2C1CC1. The molecule has 3 aliphatic rings. The number of halogens is 1. The van der Waals surface area contributed by atoms with Crippen molar-refractivity contribution in [3.8, 4) is 22.6 Å². The fraction of sp³-hybridized carbons (Fsp3) is 0.344. The summed E-state index contributed by atoms with van der Waals surface area (Å²) < 4.78 is 15.4. The van der Waals surface area contributed by atoms with Crippen LogP contribution in [0.15, 0.2) is 59.5 Å². The molecule has 0 atom stereocenters. The topological polar surface area (TPSA) is 73.7 Å². The van der Waals surface area contributed by atoms with E-state index >= 15 is 0 Å². The summed E-state index contributed by atoms with van der Waals surface area (Å²) in [6, 6.07) is 12.1. The van der Waals surface area contributed by atoms with E-state index in [-0.39, 0.29) is 11.7 Å². The van der Waals surface area contributed by atoms with Crippen LogP contribution < -0.4 is 9.47 Å². The number of benzene rings is 2. The Hall–Kier alpha value is -3.65. The fourth-order valence-corrected chi connectivity index (χ4v) is 6.67. The maximum absolute atomic E-state index is 13.7. The molecule has 0 radical (unpaired) electrons. The molecule has 1 amide bonds. The molecule has 0 N–H and O–H groups in total. The highest BCUT2D eigenvalue weighted by Gasteiger charge is 2.44. The molecule has 2 fully saturated rings. The van der Waals surface area contributed by atoms with E-state index in [9.17, 15) is 9.59 Å². The number of likely N-dealkylation sites (tertiary alicyclic amines) is 1. The van der Waals surface area contributed by atoms with Crippen LogP contribution in [-0.4, -0.2) is 51.9 Å². The zero-order valence-corrected chi connectivity index (χ0v) is 24.2. The molecule has 7 nitrogen and oxygen atoms in total. The van der Waals surface area contributed by atoms with Gasteiger partial charge in [0.15, 0.2) is 5.78 Å². The Morgan fingerprint density at radius 3 is 2.62 bits per heavy atom. The molecule has 0 unspecified atom stereocenters. The van der Waals surface area contributed by atoms with Gasteiger partial charge < -0.3 is 18.9 Å². The molecule has 1 aliphatic carbocycles. The average molecular weight is 601 g/mol. The number of nitrogens with zero attached hydrogens (tertiary/aromatic N) is 3. The standard InChI is InChI=1S/C32H30BrN3O4/c1-19-18-36(24-4-5-24)26-13-21(14-29(39-2)30(19)26)31(38)35-9-7-32(8-10-35)15-27(37)25-12-20(3-6-28(25)40-32)22-11-23(33)17-34-16-22/h3,6,11-14,16-18,24H,4-5,7-10,15H2,1-2H3. The van der Waals surface area contributed by atoms with Gasteiger partial charge in [0.2, 0.25) is 0 Å². The number of aromatic nitrogens is 2. The number of aryl methyl sites for hydroxylation is 1. The summed E-state index contributed by atoms with van der Waals surface area (Å²) in [6.07, 6.45) is 9.57. The van der Waals surface area contributed by atoms with E-state index in [1.165, 1.54) is 12.8 Å². The van der Waals surface area contributed by atoms with Crippen LogP contribution in [0.2, 0.25) is 0 Å². The van der Waals surface area contributed by atoms with Crippen LogP contribution in [0.5, 0.6) is 11.5 Å². The predicted octanol–water partition coefficient (Wildman–Crippen LogP) is 6.76. The second kappa shape index (κ2) is 9.47. The highest BCUT2D eigenvalue weighted by atomic mass is 79.9. The van der Waals surface area contributed by atoms with Crippen LogP contribution in [-0.2, 0) is 0 Å². The number of carbonyl (C=O) groups excluding carboxylic acids is 2. The summed E-state index contributed by atoms with van der Waals surface area (Å²) >= 11 is 3.46. The molecule has 4 aromatic rings. The Morgan fingerprint density at radius 1 is 1.10 bits per heavy atom. The quantitative estimate of drug-likeness (QED) is 0.259. The Morgan fingerprint density at radius 2 is 1.90 bits per heavy atom. The van der Waals surface area contributed by atoms with Gasteiger partial charge >= 0.3 is 0 Å². The summed E-state index contributed by atoms with van der Waals surface area (Å²) in [5.74, 6) is 1.43. The Labute approximate surface area is 241 Å². The van der Waals surface area contributed by atoms with Gasteiger partial charge in [-0.3, -0.25) is 14.6 Å². The second-order valence-electron chi connectivity index (χ2n) is 11.3. The number of ether oxygens (including phenoxy) is 2. The van der Waals surface area contributed by atoms with Crippen LogP contribution in [0.1, 0.15) is 64.4 Å². The summed E-state index contributed by atoms with van der Waals surface area (Å²) in [6.45, 7) is 3.16. The van der Waals surface area contributed by atoms with E-state index in [0.717, 1.165) is 37.8 Å². The van der Waals surface area contributed by atoms with Crippen molar-refractivity contribution in [2.24, 2.45) is 0 Å². The van der Waals surface area contributed by atoms with Crippen molar-refractivity contribution < 1.29 is 19.1 Å². The van der Waals surface area contributed by atoms with Crippen molar-refractivity contribution in [2.45, 2.75) is 50.7 Å². The van der Waals surface area contributed by atoms with E-state index in [2.05, 4.69) is 38.6 Å². The number of fused-ring (bicyclic) bond motifs is 2. The molecule has 1 spiro atoms. The van der Waals surface area contributed by atoms with Crippen LogP contribution >= 0.6 is 15.9 Å². The lowest BCUT2D eigenvalue weighted by Crippen LogP contribution is -2.52. The van der Waals surface area contributed by atoms with E-state index in [4.69, 9.17) is 9.47 Å². The van der Waals surface area contributed by atoms with Crippen molar-refractivity contribution in [1.82, 2.24) is 14.5 Å². The number of ketones is 1. The van der Waals surface area contributed by atoms with Crippen LogP contribution in [0.4, 0.5) is 0 Å². The molecular formula is C32H30BrN3O4. The number of hydrogen-bond donors (Lipinski definition) is 0. The number of carbonyl (C=O) groups is 2. The van der Waals surface area contributed by atoms with Gasteiger partial charge in [0, 0.05) is 71.5 Å². The summed E-state index contributed by atoms with van der Waals surface area (Å²) in [5, 5.41) is 1.08. The maximum Gasteiger partial charge on any atom is 0.254 e. The van der Waals surface area contributed by atoms with Gasteiger partial charge in [-0.2, -0.15) is 0 Å². The van der Waals surface area contributed by atoms with Crippen molar-refractivity contribution in [1.29, 1.82) is 0 Å². The smallest absolute Gasteiger partial charge is 0.254 e. The van der Waals surface area contributed by atoms with Crippen molar-refractivity contribution >= 4 is 38.5 Å². The molecule has 7 rings (SSSR count). The molecule has 1 saturated heterocycles. The van der Waals surface area contributed by atoms with Crippen molar-refractivity contribution in [3.63, 3.8) is 0 Å². The second-order valence-corrected chi connectivity index (χ2v) is 12.2. The minimum Gasteiger partial charge on any atom is -0.496 e. The summed E-state index contributed by atoms with van der Waals surface area (Å²) in [7, 11) is 1.66. The molecule has 0 bridgehead atoms. The number of pyridine rings is 1. The van der Waals surface area contributed by atoms with Gasteiger partial charge in [-0.25, -0.2) is 0 Å². The highest BCUT2D eigenvalue weighted by molar-refractivity contribution is 9.10. The Kier molecular flexibility index (Phi) is 6.00. The zero-order valence-electron chi connectivity index (χ0n) is 22.6. The number of rotatable bonds is 4. The first-order valence-electron chi connectivity index (χ1n) is 13.8. The lowest BCUT2D eigenvalue weighted by atomic mass is 9.82. The first-order chi connectivity index (χ1) is 19.3. The first kappa shape index (κ1) is 25.3. The van der Waals surface area contributed by atoms with Gasteiger partial charge in [0.1, 0.15) is 17.1 Å². The zero-order chi connectivity index (χ0) is 27.6. The third-order valence-electron chi connectivity index (χ3n) is 8.58. The largest absolute Gasteiger partial charge is 0.496 e. The summed E-state index contributed by atoms with van der Waals surface area (Å²) in [5.41, 5.74) is 4.75. The van der Waals surface area contributed by atoms with Crippen molar-refractivity contribution in [3.05, 3.63) is 76.2 Å². The van der Waals surface area contributed by atoms with Gasteiger partial charge in [-0.1, -0.05) is 6.07 Å². The van der Waals surface area contributed by atoms with Gasteiger partial charge in [0.05, 0.1) is 24.6 Å². The lowest BCUT2D eigenvalue weighted by Gasteiger charge is -2.44. The normalized spacial score (nSPS) is 18.1. The highest BCUT2D eigenvalue weighted by Crippen LogP contribution is 2.43. The monoisotopic (exact) mass is 599 g/mol. The van der Waals surface area contributed by atoms with Crippen LogP contribution in [0.25, 0.3) is 22.0 Å². The van der Waals surface area contributed by atoms with E-state index in [1.54, 1.807) is 19.5 Å². The van der Waals surface area contributed by atoms with Crippen molar-refractivity contribution in [2.75, 3.05) is 20.2 Å². The predicted molar refractivity (Wildman–Crippen MR) is 156 cm³/mol. The molecule has 8 heteroatoms. The number of piperidine rings is 1. The molecule has 2 aliphatic heterocycles. The molecule has 2 aromatic heterocycles. The number of methoxy groups -OCH3 is 1. The molecule has 2 aromatic carbocycles. The third kappa shape index (κ3) is 4.29. The lowest BCUT2D eigenvalue weighted by molar-refractivity contribution is -0.00570. The number of Topliss-reactive ketones (excluding diaryl/α,β-unsaturated/α-hetero) is 1. The number of hydrogen-bond acceptors (Lipinski definition) is 5. The molecule has 1 saturated carbocycles. The first-order valence-corrected chi connectivity index (χ1v) is 14.6. The third-order valence-corrected chi connectivity index (χ3v) is 9.02. The molecule has 204 valence electrons. The van der Waals surface area contributed by atoms with Gasteiger partial charge in [-0.15, -0.1) is 0 Å². The minimum absolute atomic E-state index is 0.00828. The Balaban J connectivity index is 1.10. The average Bonchev–Trinajstić information content (AvgIpc) is 3.75. The number of amides is 1. The minimum atomic E-state index is -0.584. The maximum atomic E-state index is 13.7. The summed E-state index contributed by atoms with van der Waals surface area (Å²) in [4.78, 5) is 33.1. The van der Waals surface area contributed by atoms with Crippen LogP contribution in [0, 0.1) is 6.92 Å². The van der Waals surface area contributed by atoms with E-state index in [1.807, 2.05) is 41.3 Å².